The van der Waals surface area contributed by atoms with Crippen LogP contribution in [0.25, 0.3) is 0 Å². The number of nitro groups is 1. The predicted molar refractivity (Wildman–Crippen MR) is 276 cm³/mol. The lowest BCUT2D eigenvalue weighted by Gasteiger charge is -2.36. The molecule has 6 amide bonds. The molecule has 0 aliphatic carbocycles. The zero-order chi connectivity index (χ0) is 54.6. The Kier molecular flexibility index (Phi) is 17.9. The number of Topliss-reactive ketones (excluding diaryl/α,β-unsaturated/α-hetero) is 1. The zero-order valence-corrected chi connectivity index (χ0v) is 41.7. The molecule has 0 aromatic heterocycles. The predicted octanol–water partition coefficient (Wildman–Crippen LogP) is 4.71. The van der Waals surface area contributed by atoms with Crippen LogP contribution in [0.3, 0.4) is 0 Å². The zero-order valence-electron chi connectivity index (χ0n) is 41.7. The Balaban J connectivity index is 0.000000247. The van der Waals surface area contributed by atoms with E-state index in [2.05, 4.69) is 10.6 Å². The molecule has 4 aromatic rings. The average molecular weight is 1050 g/mol. The molecule has 0 saturated carbocycles. The van der Waals surface area contributed by atoms with E-state index in [0.29, 0.717) is 73.3 Å². The number of nitrogens with zero attached hydrogens (tertiary/aromatic N) is 7. The number of ketones is 2. The van der Waals surface area contributed by atoms with E-state index in [1.165, 1.54) is 64.9 Å². The fraction of sp³-hybridized carbons (Fsp3) is 0.346. The number of amides is 6. The molecule has 0 radical (unpaired) electrons. The summed E-state index contributed by atoms with van der Waals surface area (Å²) in [6.07, 6.45) is -0.00936. The average Bonchev–Trinajstić information content (AvgIpc) is 3.99. The van der Waals surface area contributed by atoms with Gasteiger partial charge in [-0.3, -0.25) is 48.7 Å². The Labute approximate surface area is 436 Å². The van der Waals surface area contributed by atoms with E-state index in [9.17, 15) is 48.5 Å². The molecule has 0 spiro atoms. The van der Waals surface area contributed by atoms with Crippen molar-refractivity contribution in [2.75, 3.05) is 104 Å². The van der Waals surface area contributed by atoms with Crippen molar-refractivity contribution in [1.29, 1.82) is 0 Å². The van der Waals surface area contributed by atoms with Crippen molar-refractivity contribution in [2.24, 2.45) is 0 Å². The Hall–Kier alpha value is -8.96. The number of piperazine rings is 2. The lowest BCUT2D eigenvalue weighted by molar-refractivity contribution is -0.385. The highest BCUT2D eigenvalue weighted by Gasteiger charge is 2.35. The fourth-order valence-electron chi connectivity index (χ4n) is 8.84. The molecule has 4 aromatic carbocycles. The van der Waals surface area contributed by atoms with E-state index >= 15 is 8.78 Å². The van der Waals surface area contributed by atoms with E-state index in [1.54, 1.807) is 58.3 Å². The summed E-state index contributed by atoms with van der Waals surface area (Å²) in [5.41, 5.74) is 7.60. The number of rotatable bonds is 16. The van der Waals surface area contributed by atoms with E-state index in [0.717, 1.165) is 12.2 Å². The molecule has 402 valence electrons. The first-order valence-electron chi connectivity index (χ1n) is 24.3. The van der Waals surface area contributed by atoms with Crippen molar-refractivity contribution < 1.29 is 63.0 Å². The van der Waals surface area contributed by atoms with E-state index < -0.39 is 52.6 Å². The minimum atomic E-state index is -0.657. The number of carbonyl (C=O) groups excluding carboxylic acids is 8. The third kappa shape index (κ3) is 13.8. The number of halogens is 2. The normalized spacial score (nSPS) is 17.4. The number of carbonyl (C=O) groups is 8. The van der Waals surface area contributed by atoms with Gasteiger partial charge >= 0.3 is 12.2 Å². The van der Waals surface area contributed by atoms with Crippen molar-refractivity contribution in [3.63, 3.8) is 0 Å². The van der Waals surface area contributed by atoms with Crippen molar-refractivity contribution in [3.05, 3.63) is 130 Å². The minimum Gasteiger partial charge on any atom is -0.442 e. The van der Waals surface area contributed by atoms with Crippen LogP contribution in [0.15, 0.2) is 97.1 Å². The summed E-state index contributed by atoms with van der Waals surface area (Å²) < 4.78 is 40.5. The summed E-state index contributed by atoms with van der Waals surface area (Å²) in [5, 5.41) is 16.3. The van der Waals surface area contributed by atoms with Crippen molar-refractivity contribution >= 4 is 81.5 Å². The number of nitrogen functional groups attached to an aromatic ring is 1. The number of nitrogens with two attached hydrogens (primary N) is 1. The number of hydrogen-bond acceptors (Lipinski definition) is 15. The number of nitro benzene ring substituents is 1. The third-order valence-corrected chi connectivity index (χ3v) is 12.9. The lowest BCUT2D eigenvalue weighted by atomic mass is 10.0. The van der Waals surface area contributed by atoms with Crippen molar-refractivity contribution in [3.8, 4) is 0 Å². The molecule has 4 aliphatic rings. The summed E-state index contributed by atoms with van der Waals surface area (Å²) in [7, 11) is 0. The number of para-hydroxylation sites is 2. The maximum Gasteiger partial charge on any atom is 0.414 e. The van der Waals surface area contributed by atoms with Gasteiger partial charge in [0.15, 0.2) is 11.6 Å². The number of benzene rings is 4. The highest BCUT2D eigenvalue weighted by molar-refractivity contribution is 6.10. The summed E-state index contributed by atoms with van der Waals surface area (Å²) in [4.78, 5) is 117. The van der Waals surface area contributed by atoms with E-state index in [1.807, 2.05) is 4.90 Å². The van der Waals surface area contributed by atoms with Crippen LogP contribution < -0.4 is 36.0 Å². The molecule has 4 heterocycles. The highest BCUT2D eigenvalue weighted by atomic mass is 19.1. The van der Waals surface area contributed by atoms with Gasteiger partial charge in [-0.2, -0.15) is 0 Å². The number of ether oxygens (including phenoxy) is 2. The molecular weight excluding hydrogens is 995 g/mol. The highest BCUT2D eigenvalue weighted by Crippen LogP contribution is 2.31. The molecule has 4 fully saturated rings. The first-order chi connectivity index (χ1) is 36.4. The molecule has 76 heavy (non-hydrogen) atoms. The van der Waals surface area contributed by atoms with Gasteiger partial charge in [-0.25, -0.2) is 18.4 Å². The maximum absolute atomic E-state index is 15.0. The molecule has 24 heteroatoms. The van der Waals surface area contributed by atoms with E-state index in [-0.39, 0.29) is 88.3 Å². The van der Waals surface area contributed by atoms with Crippen LogP contribution in [0, 0.1) is 21.7 Å². The van der Waals surface area contributed by atoms with Gasteiger partial charge in [-0.1, -0.05) is 24.3 Å². The van der Waals surface area contributed by atoms with Gasteiger partial charge in [0.2, 0.25) is 23.6 Å². The van der Waals surface area contributed by atoms with Gasteiger partial charge in [-0.05, 0) is 60.7 Å². The van der Waals surface area contributed by atoms with Crippen LogP contribution in [0.1, 0.15) is 48.8 Å². The Morgan fingerprint density at radius 2 is 1.14 bits per heavy atom. The van der Waals surface area contributed by atoms with Crippen LogP contribution in [-0.2, 0) is 28.7 Å². The molecule has 0 unspecified atom stereocenters. The summed E-state index contributed by atoms with van der Waals surface area (Å²) in [5.74, 6) is -2.88. The maximum atomic E-state index is 15.0. The van der Waals surface area contributed by atoms with Crippen molar-refractivity contribution in [1.82, 2.24) is 20.4 Å². The second-order valence-electron chi connectivity index (χ2n) is 18.0. The molecular formula is C52H58F2N10O12. The number of hydrogen-bond donors (Lipinski definition) is 3. The van der Waals surface area contributed by atoms with Crippen molar-refractivity contribution in [2.45, 2.75) is 38.9 Å². The third-order valence-electron chi connectivity index (χ3n) is 12.9. The van der Waals surface area contributed by atoms with Crippen LogP contribution >= 0.6 is 0 Å². The lowest BCUT2D eigenvalue weighted by Crippen LogP contribution is -2.49. The SMILES string of the molecule is CC(=O)NC[C@H]1CN(c2ccc(N3CCN(C(=O)/C=C/C(=O)c4ccccc4[N+](=O)[O-])CC3)c(F)c2)C(=O)O1.CC(=O)NC[C@H]1CN(c2ccc(N3CCN(C(=O)CCC(=O)c4ccccc4N)CC3)c(F)c2)C(=O)O1.[HH]. The molecule has 22 nitrogen and oxygen atoms in total. The minimum absolute atomic E-state index is 0. The van der Waals surface area contributed by atoms with Crippen LogP contribution in [0.5, 0.6) is 0 Å². The quantitative estimate of drug-likeness (QED) is 0.0451. The molecule has 2 atom stereocenters. The molecule has 4 aliphatic heterocycles. The van der Waals surface area contributed by atoms with Gasteiger partial charge in [0, 0.05) is 104 Å². The molecule has 8 rings (SSSR count). The second-order valence-corrected chi connectivity index (χ2v) is 18.0. The van der Waals surface area contributed by atoms with Gasteiger partial charge in [0.1, 0.15) is 23.8 Å². The second kappa shape index (κ2) is 24.8. The Bertz CT molecular complexity index is 2930. The Morgan fingerprint density at radius 1 is 0.671 bits per heavy atom. The van der Waals surface area contributed by atoms with E-state index in [4.69, 9.17) is 15.2 Å². The van der Waals surface area contributed by atoms with Crippen LogP contribution in [0.2, 0.25) is 0 Å². The largest absolute Gasteiger partial charge is 0.442 e. The fourth-order valence-corrected chi connectivity index (χ4v) is 8.84. The number of allylic oxidation sites excluding steroid dienone is 1. The molecule has 4 N–H and O–H groups in total. The van der Waals surface area contributed by atoms with Crippen LogP contribution in [0.4, 0.5) is 52.5 Å². The number of anilines is 5. The first-order valence-corrected chi connectivity index (χ1v) is 24.3. The van der Waals surface area contributed by atoms with Gasteiger partial charge in [0.05, 0.1) is 59.4 Å². The number of nitrogens with one attached hydrogen (secondary N) is 2. The summed E-state index contributed by atoms with van der Waals surface area (Å²) in [6, 6.07) is 21.2. The van der Waals surface area contributed by atoms with Gasteiger partial charge < -0.3 is 45.4 Å². The van der Waals surface area contributed by atoms with Gasteiger partial charge in [0.25, 0.3) is 5.69 Å². The topological polar surface area (TPSA) is 268 Å². The molecule has 4 saturated heterocycles. The molecule has 0 bridgehead atoms. The van der Waals surface area contributed by atoms with Crippen LogP contribution in [-0.4, -0.2) is 153 Å². The first kappa shape index (κ1) is 54.8. The smallest absolute Gasteiger partial charge is 0.414 e. The van der Waals surface area contributed by atoms with Gasteiger partial charge in [-0.15, -0.1) is 0 Å². The number of cyclic esters (lactones) is 2. The summed E-state index contributed by atoms with van der Waals surface area (Å²) in [6.45, 7) is 6.36. The summed E-state index contributed by atoms with van der Waals surface area (Å²) >= 11 is 0. The monoisotopic (exact) mass is 1050 g/mol. The standard InChI is InChI=1S/C26H26FN5O7.C26H30FN5O5.H2/c1-17(33)28-15-19-16-31(26(36)39-19)18-6-7-23(21(27)14-18)29-10-12-30(13-11-29)25(35)9-8-24(34)20-4-2-3-5-22(20)32(37)38;1-17(33)29-15-19-16-32(26(36)37-19)18-6-7-23(21(27)14-18)30-10-12-31(13-11-30)25(35)9-8-24(34)20-4-2-3-5-22(20)28;/h2-9,14,19H,10-13,15-16H2,1H3,(H,28,33);2-7,14,19H,8-13,15-16,28H2,1H3,(H,29,33);1H/b9-8+;;/t2*19-;/m00./s1. The Morgan fingerprint density at radius 3 is 1.62 bits per heavy atom.